The lowest BCUT2D eigenvalue weighted by atomic mass is 10.0. The van der Waals surface area contributed by atoms with Gasteiger partial charge in [0.25, 0.3) is 0 Å². The predicted molar refractivity (Wildman–Crippen MR) is 98.7 cm³/mol. The number of thiophene rings is 1. The van der Waals surface area contributed by atoms with E-state index in [2.05, 4.69) is 52.1 Å². The summed E-state index contributed by atoms with van der Waals surface area (Å²) in [5, 5.41) is 13.2. The van der Waals surface area contributed by atoms with Crippen LogP contribution < -0.4 is 11.0 Å². The summed E-state index contributed by atoms with van der Waals surface area (Å²) in [5.74, 6) is 0. The topological polar surface area (TPSA) is 62.2 Å². The highest BCUT2D eigenvalue weighted by atomic mass is 32.1. The number of nitrogens with one attached hydrogen (secondary N) is 2. The van der Waals surface area contributed by atoms with E-state index in [0.29, 0.717) is 5.65 Å². The maximum absolute atomic E-state index is 12.1. The van der Waals surface area contributed by atoms with Gasteiger partial charge in [0.15, 0.2) is 5.65 Å². The van der Waals surface area contributed by atoms with E-state index >= 15 is 0 Å². The summed E-state index contributed by atoms with van der Waals surface area (Å²) in [6, 6.07) is 10.4. The Hall–Kier alpha value is -2.44. The average molecular weight is 338 g/mol. The van der Waals surface area contributed by atoms with E-state index < -0.39 is 0 Å². The number of aromatic amines is 1. The van der Waals surface area contributed by atoms with Crippen LogP contribution in [0.2, 0.25) is 0 Å². The average Bonchev–Trinajstić information content (AvgIpc) is 3.20. The van der Waals surface area contributed by atoms with E-state index in [0.717, 1.165) is 35.1 Å². The van der Waals surface area contributed by atoms with Crippen molar-refractivity contribution in [3.8, 4) is 11.1 Å². The number of pyridine rings is 1. The molecule has 5 nitrogen and oxygen atoms in total. The largest absolute Gasteiger partial charge is 0.348 e. The molecule has 0 aliphatic rings. The number of benzene rings is 1. The standard InChI is InChI=1S/C18H18N4OS/c1-3-19-9-14-7-13(10-24-14)12-4-5-15-11(2)6-17-20-21-18(23)22(17)16(15)8-12/h4-8,10,19H,3,9H2,1-2H3,(H,21,23). The summed E-state index contributed by atoms with van der Waals surface area (Å²) in [7, 11) is 0. The van der Waals surface area contributed by atoms with Crippen LogP contribution in [0.3, 0.4) is 0 Å². The molecule has 6 heteroatoms. The van der Waals surface area contributed by atoms with Crippen molar-refractivity contribution in [2.45, 2.75) is 20.4 Å². The van der Waals surface area contributed by atoms with E-state index in [1.165, 1.54) is 10.4 Å². The monoisotopic (exact) mass is 338 g/mol. The molecule has 1 aromatic carbocycles. The van der Waals surface area contributed by atoms with Crippen LogP contribution in [0, 0.1) is 6.92 Å². The minimum absolute atomic E-state index is 0.203. The van der Waals surface area contributed by atoms with Gasteiger partial charge in [0, 0.05) is 16.8 Å². The van der Waals surface area contributed by atoms with E-state index in [-0.39, 0.29) is 5.69 Å². The van der Waals surface area contributed by atoms with Gasteiger partial charge in [-0.25, -0.2) is 14.3 Å². The highest BCUT2D eigenvalue weighted by molar-refractivity contribution is 7.10. The molecule has 0 fully saturated rings. The molecular formula is C18H18N4OS. The summed E-state index contributed by atoms with van der Waals surface area (Å²) < 4.78 is 1.64. The number of rotatable bonds is 4. The third-order valence-corrected chi connectivity index (χ3v) is 5.18. The summed E-state index contributed by atoms with van der Waals surface area (Å²) in [5.41, 5.74) is 4.75. The van der Waals surface area contributed by atoms with Gasteiger partial charge in [0.2, 0.25) is 0 Å². The van der Waals surface area contributed by atoms with Crippen LogP contribution in [-0.2, 0) is 6.54 Å². The van der Waals surface area contributed by atoms with Crippen LogP contribution in [0.15, 0.2) is 40.5 Å². The molecule has 0 atom stereocenters. The molecule has 0 aliphatic heterocycles. The molecule has 3 heterocycles. The summed E-state index contributed by atoms with van der Waals surface area (Å²) >= 11 is 1.75. The Bertz CT molecular complexity index is 1090. The highest BCUT2D eigenvalue weighted by Gasteiger charge is 2.10. The maximum Gasteiger partial charge on any atom is 0.348 e. The lowest BCUT2D eigenvalue weighted by Gasteiger charge is -2.07. The molecule has 0 aliphatic carbocycles. The zero-order valence-corrected chi connectivity index (χ0v) is 14.4. The number of hydrogen-bond acceptors (Lipinski definition) is 4. The summed E-state index contributed by atoms with van der Waals surface area (Å²) in [6.07, 6.45) is 0. The van der Waals surface area contributed by atoms with Crippen LogP contribution >= 0.6 is 11.3 Å². The molecule has 0 saturated heterocycles. The molecule has 24 heavy (non-hydrogen) atoms. The normalized spacial score (nSPS) is 11.6. The van der Waals surface area contributed by atoms with Gasteiger partial charge in [-0.15, -0.1) is 11.3 Å². The number of aryl methyl sites for hydroxylation is 1. The second-order valence-electron chi connectivity index (χ2n) is 5.86. The first-order chi connectivity index (χ1) is 11.7. The molecule has 2 N–H and O–H groups in total. The maximum atomic E-state index is 12.1. The minimum Gasteiger partial charge on any atom is -0.312 e. The van der Waals surface area contributed by atoms with Crippen molar-refractivity contribution in [2.75, 3.05) is 6.54 Å². The van der Waals surface area contributed by atoms with E-state index in [9.17, 15) is 4.79 Å². The first-order valence-electron chi connectivity index (χ1n) is 7.96. The Morgan fingerprint density at radius 1 is 1.25 bits per heavy atom. The van der Waals surface area contributed by atoms with Crippen molar-refractivity contribution in [1.29, 1.82) is 0 Å². The number of aromatic nitrogens is 3. The van der Waals surface area contributed by atoms with Crippen LogP contribution in [-0.4, -0.2) is 21.1 Å². The number of nitrogens with zero attached hydrogens (tertiary/aromatic N) is 2. The van der Waals surface area contributed by atoms with Gasteiger partial charge in [0.1, 0.15) is 0 Å². The first kappa shape index (κ1) is 15.1. The lowest BCUT2D eigenvalue weighted by molar-refractivity contribution is 0.735. The molecule has 0 radical (unpaired) electrons. The molecule has 0 bridgehead atoms. The van der Waals surface area contributed by atoms with Gasteiger partial charge >= 0.3 is 5.69 Å². The van der Waals surface area contributed by atoms with Crippen molar-refractivity contribution >= 4 is 27.9 Å². The fraction of sp³-hybridized carbons (Fsp3) is 0.222. The Labute approximate surface area is 143 Å². The fourth-order valence-electron chi connectivity index (χ4n) is 3.01. The van der Waals surface area contributed by atoms with Crippen LogP contribution in [0.1, 0.15) is 17.4 Å². The zero-order chi connectivity index (χ0) is 16.7. The third kappa shape index (κ3) is 2.44. The van der Waals surface area contributed by atoms with Gasteiger partial charge in [-0.1, -0.05) is 19.1 Å². The van der Waals surface area contributed by atoms with Crippen molar-refractivity contribution in [3.63, 3.8) is 0 Å². The third-order valence-electron chi connectivity index (χ3n) is 4.24. The smallest absolute Gasteiger partial charge is 0.312 e. The summed E-state index contributed by atoms with van der Waals surface area (Å²) in [4.78, 5) is 13.4. The molecule has 0 unspecified atom stereocenters. The Morgan fingerprint density at radius 3 is 2.96 bits per heavy atom. The van der Waals surface area contributed by atoms with Crippen molar-refractivity contribution in [1.82, 2.24) is 19.9 Å². The van der Waals surface area contributed by atoms with Crippen LogP contribution in [0.5, 0.6) is 0 Å². The molecule has 122 valence electrons. The van der Waals surface area contributed by atoms with Crippen molar-refractivity contribution in [3.05, 3.63) is 56.6 Å². The van der Waals surface area contributed by atoms with Gasteiger partial charge in [-0.05, 0) is 53.7 Å². The van der Waals surface area contributed by atoms with Crippen molar-refractivity contribution in [2.24, 2.45) is 0 Å². The van der Waals surface area contributed by atoms with Crippen molar-refractivity contribution < 1.29 is 0 Å². The summed E-state index contributed by atoms with van der Waals surface area (Å²) in [6.45, 7) is 6.00. The Balaban J connectivity index is 1.88. The first-order valence-corrected chi connectivity index (χ1v) is 8.84. The van der Waals surface area contributed by atoms with E-state index in [4.69, 9.17) is 0 Å². The highest BCUT2D eigenvalue weighted by Crippen LogP contribution is 2.29. The molecule has 0 saturated carbocycles. The SMILES string of the molecule is CCNCc1cc(-c2ccc3c(C)cc4n[nH]c(=O)n4c3c2)cs1. The quantitative estimate of drug-likeness (QED) is 0.600. The Kier molecular flexibility index (Phi) is 3.70. The van der Waals surface area contributed by atoms with Gasteiger partial charge in [0.05, 0.1) is 5.52 Å². The number of fused-ring (bicyclic) bond motifs is 3. The fourth-order valence-corrected chi connectivity index (χ4v) is 3.88. The molecule has 0 amide bonds. The molecule has 0 spiro atoms. The second kappa shape index (κ2) is 5.89. The Morgan fingerprint density at radius 2 is 2.12 bits per heavy atom. The van der Waals surface area contributed by atoms with Gasteiger partial charge in [-0.2, -0.15) is 5.10 Å². The molecule has 3 aromatic heterocycles. The number of hydrogen-bond donors (Lipinski definition) is 2. The van der Waals surface area contributed by atoms with Gasteiger partial charge in [-0.3, -0.25) is 0 Å². The molecule has 4 aromatic rings. The molecule has 4 rings (SSSR count). The predicted octanol–water partition coefficient (Wildman–Crippen LogP) is 3.32. The second-order valence-corrected chi connectivity index (χ2v) is 6.86. The van der Waals surface area contributed by atoms with E-state index in [1.807, 2.05) is 13.0 Å². The number of H-pyrrole nitrogens is 1. The van der Waals surface area contributed by atoms with Gasteiger partial charge < -0.3 is 5.32 Å². The minimum atomic E-state index is -0.203. The zero-order valence-electron chi connectivity index (χ0n) is 13.6. The van der Waals surface area contributed by atoms with E-state index in [1.54, 1.807) is 15.7 Å². The molecular weight excluding hydrogens is 320 g/mol. The lowest BCUT2D eigenvalue weighted by Crippen LogP contribution is -2.10. The van der Waals surface area contributed by atoms with Crippen LogP contribution in [0.25, 0.3) is 27.7 Å². The van der Waals surface area contributed by atoms with Crippen LogP contribution in [0.4, 0.5) is 0 Å².